The fourth-order valence-electron chi connectivity index (χ4n) is 1.42. The fourth-order valence-corrected chi connectivity index (χ4v) is 1.42. The van der Waals surface area contributed by atoms with E-state index in [2.05, 4.69) is 17.9 Å². The maximum absolute atomic E-state index is 10.6. The average Bonchev–Trinajstić information content (AvgIpc) is 2.94. The first-order chi connectivity index (χ1) is 7.33. The number of carbonyl (C=O) groups excluding carboxylic acids is 1. The second kappa shape index (κ2) is 4.00. The Bertz CT molecular complexity index is 440. The van der Waals surface area contributed by atoms with Gasteiger partial charge in [-0.25, -0.2) is 0 Å². The lowest BCUT2D eigenvalue weighted by molar-refractivity contribution is -0.113. The molecule has 1 atom stereocenters. The highest BCUT2D eigenvalue weighted by Crippen LogP contribution is 2.53. The Labute approximate surface area is 94.7 Å². The molecular weight excluding hydrogens is 204 g/mol. The van der Waals surface area contributed by atoms with Crippen molar-refractivity contribution < 1.29 is 9.90 Å². The highest BCUT2D eigenvalue weighted by atomic mass is 16.3. The zero-order valence-electron chi connectivity index (χ0n) is 9.37. The minimum atomic E-state index is -1.34. The van der Waals surface area contributed by atoms with E-state index >= 15 is 0 Å². The first-order valence-electron chi connectivity index (χ1n) is 4.97. The highest BCUT2D eigenvalue weighted by Gasteiger charge is 2.56. The van der Waals surface area contributed by atoms with Crippen molar-refractivity contribution in [2.45, 2.75) is 32.3 Å². The molecule has 1 rings (SSSR count). The summed E-state index contributed by atoms with van der Waals surface area (Å²) < 4.78 is 0. The van der Waals surface area contributed by atoms with Gasteiger partial charge in [0, 0.05) is 11.6 Å². The van der Waals surface area contributed by atoms with Crippen molar-refractivity contribution in [1.29, 1.82) is 5.26 Å². The predicted molar refractivity (Wildman–Crippen MR) is 58.6 cm³/mol. The van der Waals surface area contributed by atoms with E-state index in [4.69, 9.17) is 11.0 Å². The van der Waals surface area contributed by atoms with Gasteiger partial charge in [-0.3, -0.25) is 4.79 Å². The molecule has 1 amide bonds. The topological polar surface area (TPSA) is 87.1 Å². The molecular formula is C12H14N2O2. The monoisotopic (exact) mass is 218 g/mol. The summed E-state index contributed by atoms with van der Waals surface area (Å²) in [6, 6.07) is 2.09. The van der Waals surface area contributed by atoms with Crippen molar-refractivity contribution in [3.8, 4) is 17.9 Å². The predicted octanol–water partition coefficient (Wildman–Crippen LogP) is 0.476. The zero-order valence-corrected chi connectivity index (χ0v) is 9.37. The quantitative estimate of drug-likeness (QED) is 0.522. The van der Waals surface area contributed by atoms with Gasteiger partial charge in [0.1, 0.15) is 5.60 Å². The fraction of sp³-hybridized carbons (Fsp3) is 0.500. The van der Waals surface area contributed by atoms with Gasteiger partial charge in [0.15, 0.2) is 0 Å². The van der Waals surface area contributed by atoms with Crippen LogP contribution in [0.25, 0.3) is 0 Å². The van der Waals surface area contributed by atoms with Gasteiger partial charge in [0.2, 0.25) is 5.91 Å². The first-order valence-corrected chi connectivity index (χ1v) is 4.97. The standard InChI is InChI=1S/C12H14N2O2/c1-9(7-10(14)15)3-4-11(2,16)12(8-13)5-6-12/h7,16H,5-6H2,1-2H3,(H2,14,15)/b9-7+/t11-/m1/s1. The van der Waals surface area contributed by atoms with Crippen LogP contribution in [0.4, 0.5) is 0 Å². The van der Waals surface area contributed by atoms with Crippen LogP contribution < -0.4 is 5.73 Å². The van der Waals surface area contributed by atoms with E-state index in [0.717, 1.165) is 0 Å². The van der Waals surface area contributed by atoms with Crippen LogP contribution in [0, 0.1) is 28.6 Å². The Kier molecular flexibility index (Phi) is 3.07. The van der Waals surface area contributed by atoms with Crippen LogP contribution >= 0.6 is 0 Å². The van der Waals surface area contributed by atoms with Crippen LogP contribution in [0.2, 0.25) is 0 Å². The minimum Gasteiger partial charge on any atom is -0.376 e. The second-order valence-corrected chi connectivity index (χ2v) is 4.25. The molecule has 0 saturated heterocycles. The number of nitrogens with zero attached hydrogens (tertiary/aromatic N) is 1. The largest absolute Gasteiger partial charge is 0.376 e. The summed E-state index contributed by atoms with van der Waals surface area (Å²) in [6.07, 6.45) is 2.50. The lowest BCUT2D eigenvalue weighted by atomic mass is 9.87. The van der Waals surface area contributed by atoms with Gasteiger partial charge in [-0.1, -0.05) is 11.8 Å². The van der Waals surface area contributed by atoms with Crippen molar-refractivity contribution in [2.24, 2.45) is 11.1 Å². The van der Waals surface area contributed by atoms with E-state index in [-0.39, 0.29) is 0 Å². The SMILES string of the molecule is C/C(C#C[C@@](C)(O)C1(C#N)CC1)=C\C(N)=O. The first kappa shape index (κ1) is 12.3. The van der Waals surface area contributed by atoms with E-state index < -0.39 is 16.9 Å². The number of carbonyl (C=O) groups is 1. The summed E-state index contributed by atoms with van der Waals surface area (Å²) in [4.78, 5) is 10.6. The molecule has 1 aliphatic rings. The van der Waals surface area contributed by atoms with Crippen LogP contribution in [0.3, 0.4) is 0 Å². The summed E-state index contributed by atoms with van der Waals surface area (Å²) in [5.41, 5.74) is 3.35. The third kappa shape index (κ3) is 2.42. The number of nitriles is 1. The summed E-state index contributed by atoms with van der Waals surface area (Å²) in [7, 11) is 0. The third-order valence-corrected chi connectivity index (χ3v) is 2.76. The van der Waals surface area contributed by atoms with Crippen LogP contribution in [-0.4, -0.2) is 16.6 Å². The van der Waals surface area contributed by atoms with Gasteiger partial charge in [-0.05, 0) is 26.7 Å². The van der Waals surface area contributed by atoms with Crippen molar-refractivity contribution in [3.05, 3.63) is 11.6 Å². The molecule has 4 heteroatoms. The molecule has 3 N–H and O–H groups in total. The molecule has 1 aliphatic carbocycles. The van der Waals surface area contributed by atoms with Gasteiger partial charge >= 0.3 is 0 Å². The van der Waals surface area contributed by atoms with E-state index in [0.29, 0.717) is 18.4 Å². The molecule has 0 aromatic heterocycles. The number of aliphatic hydroxyl groups is 1. The smallest absolute Gasteiger partial charge is 0.242 e. The van der Waals surface area contributed by atoms with Gasteiger partial charge in [-0.15, -0.1) is 0 Å². The van der Waals surface area contributed by atoms with Gasteiger partial charge < -0.3 is 10.8 Å². The summed E-state index contributed by atoms with van der Waals surface area (Å²) >= 11 is 0. The van der Waals surface area contributed by atoms with E-state index in [1.165, 1.54) is 13.0 Å². The molecule has 4 nitrogen and oxygen atoms in total. The molecule has 0 aromatic carbocycles. The van der Waals surface area contributed by atoms with Crippen molar-refractivity contribution in [3.63, 3.8) is 0 Å². The van der Waals surface area contributed by atoms with Crippen LogP contribution in [0.1, 0.15) is 26.7 Å². The summed E-state index contributed by atoms with van der Waals surface area (Å²) in [5, 5.41) is 19.0. The summed E-state index contributed by atoms with van der Waals surface area (Å²) in [6.45, 7) is 3.15. The zero-order chi connectivity index (χ0) is 12.4. The highest BCUT2D eigenvalue weighted by molar-refractivity contribution is 5.87. The number of amides is 1. The minimum absolute atomic E-state index is 0.474. The Morgan fingerprint density at radius 1 is 1.62 bits per heavy atom. The second-order valence-electron chi connectivity index (χ2n) is 4.25. The van der Waals surface area contributed by atoms with Crippen LogP contribution in [0.5, 0.6) is 0 Å². The molecule has 16 heavy (non-hydrogen) atoms. The van der Waals surface area contributed by atoms with Crippen molar-refractivity contribution >= 4 is 5.91 Å². The molecule has 1 saturated carbocycles. The number of nitrogens with two attached hydrogens (primary N) is 1. The molecule has 0 radical (unpaired) electrons. The third-order valence-electron chi connectivity index (χ3n) is 2.76. The lowest BCUT2D eigenvalue weighted by Crippen LogP contribution is -2.33. The van der Waals surface area contributed by atoms with Gasteiger partial charge in [0.25, 0.3) is 0 Å². The number of rotatable bonds is 2. The average molecular weight is 218 g/mol. The van der Waals surface area contributed by atoms with Gasteiger partial charge in [-0.2, -0.15) is 5.26 Å². The molecule has 0 heterocycles. The maximum atomic E-state index is 10.6. The Morgan fingerprint density at radius 2 is 2.19 bits per heavy atom. The van der Waals surface area contributed by atoms with Crippen LogP contribution in [0.15, 0.2) is 11.6 Å². The summed E-state index contributed by atoms with van der Waals surface area (Å²) in [5.74, 6) is 4.69. The molecule has 0 spiro atoms. The number of hydrogen-bond donors (Lipinski definition) is 2. The lowest BCUT2D eigenvalue weighted by Gasteiger charge is -2.21. The Hall–Kier alpha value is -1.78. The molecule has 0 bridgehead atoms. The molecule has 1 fully saturated rings. The Morgan fingerprint density at radius 3 is 2.56 bits per heavy atom. The number of primary amides is 1. The van der Waals surface area contributed by atoms with E-state index in [9.17, 15) is 9.90 Å². The number of allylic oxidation sites excluding steroid dienone is 1. The van der Waals surface area contributed by atoms with E-state index in [1.807, 2.05) is 0 Å². The molecule has 0 unspecified atom stereocenters. The maximum Gasteiger partial charge on any atom is 0.242 e. The Balaban J connectivity index is 2.86. The van der Waals surface area contributed by atoms with Crippen molar-refractivity contribution in [2.75, 3.05) is 0 Å². The van der Waals surface area contributed by atoms with Crippen LogP contribution in [-0.2, 0) is 4.79 Å². The van der Waals surface area contributed by atoms with Crippen molar-refractivity contribution in [1.82, 2.24) is 0 Å². The molecule has 84 valence electrons. The molecule has 0 aromatic rings. The molecule has 0 aliphatic heterocycles. The normalized spacial score (nSPS) is 21.0. The number of hydrogen-bond acceptors (Lipinski definition) is 3. The van der Waals surface area contributed by atoms with E-state index in [1.54, 1.807) is 6.92 Å². The van der Waals surface area contributed by atoms with Gasteiger partial charge in [0.05, 0.1) is 11.5 Å².